The number of rotatable bonds is 4. The molecular formula is C19H17FN2O5. The second-order valence-electron chi connectivity index (χ2n) is 7.37. The average molecular weight is 372 g/mol. The number of halogens is 1. The number of aldehydes is 1. The molecule has 2 aliphatic heterocycles. The van der Waals surface area contributed by atoms with Gasteiger partial charge in [-0.3, -0.25) is 29.4 Å². The van der Waals surface area contributed by atoms with Crippen LogP contribution in [0.15, 0.2) is 12.1 Å². The molecule has 0 aromatic heterocycles. The van der Waals surface area contributed by atoms with Gasteiger partial charge in [-0.05, 0) is 49.3 Å². The van der Waals surface area contributed by atoms with Crippen LogP contribution in [0.25, 0.3) is 0 Å². The highest BCUT2D eigenvalue weighted by Gasteiger charge is 2.45. The highest BCUT2D eigenvalue weighted by atomic mass is 19.1. The number of hydrogen-bond acceptors (Lipinski definition) is 5. The van der Waals surface area contributed by atoms with Crippen molar-refractivity contribution in [2.24, 2.45) is 11.8 Å². The number of nitrogens with one attached hydrogen (secondary N) is 1. The van der Waals surface area contributed by atoms with Gasteiger partial charge in [-0.2, -0.15) is 0 Å². The molecule has 8 heteroatoms. The van der Waals surface area contributed by atoms with E-state index < -0.39 is 35.5 Å². The Morgan fingerprint density at radius 1 is 1.11 bits per heavy atom. The van der Waals surface area contributed by atoms with Crippen LogP contribution in [0.2, 0.25) is 0 Å². The SMILES string of the molecule is O=CC1CC(Cc2cc3c(cc2F)C(=O)N(C2CCC(=O)NC2=O)C3=O)C1. The van der Waals surface area contributed by atoms with E-state index in [0.29, 0.717) is 24.8 Å². The van der Waals surface area contributed by atoms with Crippen LogP contribution < -0.4 is 5.32 Å². The number of carbonyl (C=O) groups excluding carboxylic acids is 5. The van der Waals surface area contributed by atoms with Gasteiger partial charge in [0.1, 0.15) is 18.1 Å². The van der Waals surface area contributed by atoms with Crippen LogP contribution in [0.5, 0.6) is 0 Å². The Bertz CT molecular complexity index is 890. The summed E-state index contributed by atoms with van der Waals surface area (Å²) in [5.74, 6) is -2.91. The summed E-state index contributed by atoms with van der Waals surface area (Å²) in [7, 11) is 0. The van der Waals surface area contributed by atoms with E-state index in [1.807, 2.05) is 0 Å². The number of carbonyl (C=O) groups is 5. The number of amides is 4. The van der Waals surface area contributed by atoms with Gasteiger partial charge in [-0.15, -0.1) is 0 Å². The lowest BCUT2D eigenvalue weighted by Gasteiger charge is -2.31. The standard InChI is InChI=1S/C19H17FN2O5/c20-14-7-13-12(6-11(14)5-9-3-10(4-9)8-23)18(26)22(19(13)27)15-1-2-16(24)21-17(15)25/h6-10,15H,1-5H2,(H,21,24,25). The van der Waals surface area contributed by atoms with Gasteiger partial charge >= 0.3 is 0 Å². The summed E-state index contributed by atoms with van der Waals surface area (Å²) in [6.07, 6.45) is 2.76. The number of imide groups is 2. The van der Waals surface area contributed by atoms with Crippen molar-refractivity contribution >= 4 is 29.9 Å². The Balaban J connectivity index is 1.59. The number of fused-ring (bicyclic) bond motifs is 1. The van der Waals surface area contributed by atoms with E-state index in [9.17, 15) is 28.4 Å². The van der Waals surface area contributed by atoms with Crippen molar-refractivity contribution in [1.29, 1.82) is 0 Å². The van der Waals surface area contributed by atoms with Crippen molar-refractivity contribution in [2.75, 3.05) is 0 Å². The largest absolute Gasteiger partial charge is 0.303 e. The Morgan fingerprint density at radius 2 is 1.78 bits per heavy atom. The molecule has 7 nitrogen and oxygen atoms in total. The maximum absolute atomic E-state index is 14.5. The molecule has 0 bridgehead atoms. The van der Waals surface area contributed by atoms with Crippen LogP contribution in [0.4, 0.5) is 4.39 Å². The van der Waals surface area contributed by atoms with Crippen molar-refractivity contribution < 1.29 is 28.4 Å². The minimum atomic E-state index is -1.07. The van der Waals surface area contributed by atoms with Crippen LogP contribution in [-0.2, 0) is 20.8 Å². The minimum Gasteiger partial charge on any atom is -0.303 e. The highest BCUT2D eigenvalue weighted by Crippen LogP contribution is 2.36. The van der Waals surface area contributed by atoms with Crippen LogP contribution in [-0.4, -0.2) is 40.9 Å². The van der Waals surface area contributed by atoms with Gasteiger partial charge in [0, 0.05) is 12.3 Å². The van der Waals surface area contributed by atoms with Crippen molar-refractivity contribution in [2.45, 2.75) is 38.1 Å². The lowest BCUT2D eigenvalue weighted by molar-refractivity contribution is -0.136. The molecule has 4 amide bonds. The summed E-state index contributed by atoms with van der Waals surface area (Å²) < 4.78 is 14.5. The average Bonchev–Trinajstić information content (AvgIpc) is 2.82. The van der Waals surface area contributed by atoms with Crippen molar-refractivity contribution in [3.63, 3.8) is 0 Å². The molecule has 2 heterocycles. The molecule has 1 atom stereocenters. The van der Waals surface area contributed by atoms with E-state index in [2.05, 4.69) is 5.32 Å². The first-order valence-corrected chi connectivity index (χ1v) is 8.88. The summed E-state index contributed by atoms with van der Waals surface area (Å²) >= 11 is 0. The first-order chi connectivity index (χ1) is 12.9. The number of nitrogens with zero attached hydrogens (tertiary/aromatic N) is 1. The topological polar surface area (TPSA) is 101 Å². The van der Waals surface area contributed by atoms with Gasteiger partial charge < -0.3 is 4.79 Å². The highest BCUT2D eigenvalue weighted by molar-refractivity contribution is 6.23. The molecule has 1 saturated heterocycles. The van der Waals surface area contributed by atoms with Crippen LogP contribution >= 0.6 is 0 Å². The fourth-order valence-electron chi connectivity index (χ4n) is 4.07. The van der Waals surface area contributed by atoms with E-state index >= 15 is 0 Å². The summed E-state index contributed by atoms with van der Waals surface area (Å²) in [4.78, 5) is 60.2. The molecule has 3 aliphatic rings. The molecule has 1 N–H and O–H groups in total. The Morgan fingerprint density at radius 3 is 2.41 bits per heavy atom. The van der Waals surface area contributed by atoms with E-state index in [1.165, 1.54) is 6.07 Å². The quantitative estimate of drug-likeness (QED) is 0.628. The third kappa shape index (κ3) is 2.85. The zero-order chi connectivity index (χ0) is 19.3. The maximum Gasteiger partial charge on any atom is 0.262 e. The molecule has 4 rings (SSSR count). The number of benzene rings is 1. The fourth-order valence-corrected chi connectivity index (χ4v) is 4.07. The second-order valence-corrected chi connectivity index (χ2v) is 7.37. The molecule has 27 heavy (non-hydrogen) atoms. The van der Waals surface area contributed by atoms with Crippen molar-refractivity contribution in [3.8, 4) is 0 Å². The third-order valence-corrected chi connectivity index (χ3v) is 5.58. The predicted molar refractivity (Wildman–Crippen MR) is 89.1 cm³/mol. The Hall–Kier alpha value is -2.90. The normalized spacial score (nSPS) is 27.3. The number of hydrogen-bond donors (Lipinski definition) is 1. The smallest absolute Gasteiger partial charge is 0.262 e. The van der Waals surface area contributed by atoms with Gasteiger partial charge in [0.2, 0.25) is 11.8 Å². The van der Waals surface area contributed by atoms with Crippen molar-refractivity contribution in [3.05, 3.63) is 34.6 Å². The van der Waals surface area contributed by atoms with E-state index in [0.717, 1.165) is 17.3 Å². The molecule has 1 saturated carbocycles. The first kappa shape index (κ1) is 17.5. The molecule has 1 aromatic rings. The maximum atomic E-state index is 14.5. The van der Waals surface area contributed by atoms with Gasteiger partial charge in [-0.1, -0.05) is 0 Å². The zero-order valence-corrected chi connectivity index (χ0v) is 14.4. The molecular weight excluding hydrogens is 355 g/mol. The summed E-state index contributed by atoms with van der Waals surface area (Å²) in [5.41, 5.74) is 0.340. The molecule has 0 radical (unpaired) electrons. The third-order valence-electron chi connectivity index (χ3n) is 5.58. The lowest BCUT2D eigenvalue weighted by Crippen LogP contribution is -2.54. The molecule has 140 valence electrons. The Labute approximate surface area is 153 Å². The van der Waals surface area contributed by atoms with Crippen LogP contribution in [0.3, 0.4) is 0 Å². The predicted octanol–water partition coefficient (Wildman–Crippen LogP) is 0.994. The Kier molecular flexibility index (Phi) is 4.13. The lowest BCUT2D eigenvalue weighted by atomic mass is 9.73. The summed E-state index contributed by atoms with van der Waals surface area (Å²) in [6.45, 7) is 0. The van der Waals surface area contributed by atoms with Gasteiger partial charge in [0.15, 0.2) is 0 Å². The number of piperidine rings is 1. The first-order valence-electron chi connectivity index (χ1n) is 8.88. The molecule has 1 aliphatic carbocycles. The van der Waals surface area contributed by atoms with E-state index in [-0.39, 0.29) is 35.8 Å². The minimum absolute atomic E-state index is 0.0127. The molecule has 0 spiro atoms. The van der Waals surface area contributed by atoms with Crippen molar-refractivity contribution in [1.82, 2.24) is 10.2 Å². The zero-order valence-electron chi connectivity index (χ0n) is 14.4. The van der Waals surface area contributed by atoms with Gasteiger partial charge in [0.25, 0.3) is 11.8 Å². The molecule has 2 fully saturated rings. The second kappa shape index (κ2) is 6.37. The monoisotopic (exact) mass is 372 g/mol. The van der Waals surface area contributed by atoms with E-state index in [4.69, 9.17) is 0 Å². The molecule has 1 unspecified atom stereocenters. The fraction of sp³-hybridized carbons (Fsp3) is 0.421. The van der Waals surface area contributed by atoms with Gasteiger partial charge in [0.05, 0.1) is 11.1 Å². The molecule has 1 aromatic carbocycles. The van der Waals surface area contributed by atoms with Crippen LogP contribution in [0.1, 0.15) is 52.0 Å². The summed E-state index contributed by atoms with van der Waals surface area (Å²) in [6, 6.07) is 1.36. The van der Waals surface area contributed by atoms with Crippen LogP contribution in [0, 0.1) is 17.7 Å². The van der Waals surface area contributed by atoms with Gasteiger partial charge in [-0.25, -0.2) is 4.39 Å². The summed E-state index contributed by atoms with van der Waals surface area (Å²) in [5, 5.41) is 2.12. The van der Waals surface area contributed by atoms with E-state index in [1.54, 1.807) is 0 Å².